The van der Waals surface area contributed by atoms with Gasteiger partial charge < -0.3 is 15.2 Å². The van der Waals surface area contributed by atoms with Gasteiger partial charge in [0, 0.05) is 6.61 Å². The maximum Gasteiger partial charge on any atom is 0.482 e. The fourth-order valence-corrected chi connectivity index (χ4v) is 0.0913. The van der Waals surface area contributed by atoms with Gasteiger partial charge in [-0.1, -0.05) is 6.08 Å². The zero-order valence-corrected chi connectivity index (χ0v) is 4.62. The minimum Gasteiger partial charge on any atom is -0.429 e. The van der Waals surface area contributed by atoms with E-state index in [1.807, 2.05) is 0 Å². The molecule has 0 aromatic carbocycles. The summed E-state index contributed by atoms with van der Waals surface area (Å²) in [5.74, 6) is 0. The summed E-state index contributed by atoms with van der Waals surface area (Å²) in [4.78, 5) is 0. The second-order valence-corrected chi connectivity index (χ2v) is 0.916. The minimum atomic E-state index is 0. The third-order valence-corrected chi connectivity index (χ3v) is 0.333. The van der Waals surface area contributed by atoms with Crippen LogP contribution in [0.2, 0.25) is 0 Å². The number of aliphatic hydroxyl groups is 1. The molecule has 0 aromatic rings. The monoisotopic (exact) mass is 117 g/mol. The van der Waals surface area contributed by atoms with Crippen molar-refractivity contribution < 1.29 is 15.2 Å². The van der Waals surface area contributed by atoms with E-state index >= 15 is 0 Å². The predicted octanol–water partition coefficient (Wildman–Crippen LogP) is -0.940. The van der Waals surface area contributed by atoms with E-state index in [0.29, 0.717) is 6.42 Å². The largest absolute Gasteiger partial charge is 0.482 e. The number of hydrogen-bond donors (Lipinski definition) is 3. The first-order valence-electron chi connectivity index (χ1n) is 2.15. The van der Waals surface area contributed by atoms with Gasteiger partial charge in [0.1, 0.15) is 0 Å². The third-order valence-electron chi connectivity index (χ3n) is 0.333. The molecule has 0 saturated carbocycles. The summed E-state index contributed by atoms with van der Waals surface area (Å²) in [6.07, 6.45) is 2.39. The van der Waals surface area contributed by atoms with Crippen LogP contribution < -0.4 is 0 Å². The molecule has 0 fully saturated rings. The summed E-state index contributed by atoms with van der Waals surface area (Å²) < 4.78 is 0. The molecule has 0 unspecified atom stereocenters. The molecule has 0 aliphatic carbocycles. The summed E-state index contributed by atoms with van der Waals surface area (Å²) in [6.45, 7) is 3.62. The van der Waals surface area contributed by atoms with Gasteiger partial charge in [-0.25, -0.2) is 0 Å². The first-order valence-corrected chi connectivity index (χ1v) is 2.15. The molecule has 0 saturated heterocycles. The van der Waals surface area contributed by atoms with Gasteiger partial charge in [0.2, 0.25) is 0 Å². The Morgan fingerprint density at radius 3 is 1.88 bits per heavy atom. The van der Waals surface area contributed by atoms with E-state index in [1.165, 1.54) is 0 Å². The number of rotatable bonds is 2. The van der Waals surface area contributed by atoms with Crippen molar-refractivity contribution in [3.8, 4) is 0 Å². The molecule has 0 aliphatic rings. The van der Waals surface area contributed by atoms with Crippen molar-refractivity contribution in [2.75, 3.05) is 6.61 Å². The van der Waals surface area contributed by atoms with E-state index in [1.54, 1.807) is 6.08 Å². The van der Waals surface area contributed by atoms with Gasteiger partial charge in [-0.05, 0) is 6.42 Å². The van der Waals surface area contributed by atoms with Crippen molar-refractivity contribution in [1.82, 2.24) is 0 Å². The van der Waals surface area contributed by atoms with Crippen molar-refractivity contribution in [2.24, 2.45) is 0 Å². The summed E-state index contributed by atoms with van der Waals surface area (Å²) >= 11 is 0. The molecule has 47 valence electrons. The minimum absolute atomic E-state index is 0. The highest BCUT2D eigenvalue weighted by atomic mass is 16.4. The van der Waals surface area contributed by atoms with Crippen LogP contribution in [0.5, 0.6) is 0 Å². The number of aliphatic hydroxyl groups excluding tert-OH is 1. The van der Waals surface area contributed by atoms with E-state index < -0.39 is 0 Å². The average Bonchev–Trinajstić information content (AvgIpc) is 1.71. The Kier molecular flexibility index (Phi) is 21.1. The zero-order valence-electron chi connectivity index (χ0n) is 4.62. The number of hydrogen-bond acceptors (Lipinski definition) is 3. The van der Waals surface area contributed by atoms with E-state index in [0.717, 1.165) is 0 Å². The van der Waals surface area contributed by atoms with Gasteiger partial charge in [0.05, 0.1) is 0 Å². The Bertz CT molecular complexity index is 40.3. The molecule has 4 heteroatoms. The lowest BCUT2D eigenvalue weighted by Crippen LogP contribution is -1.75. The summed E-state index contributed by atoms with van der Waals surface area (Å²) in [5.41, 5.74) is 0. The highest BCUT2D eigenvalue weighted by molar-refractivity contribution is 6.13. The van der Waals surface area contributed by atoms with Gasteiger partial charge >= 0.3 is 7.69 Å². The molecular weight excluding hydrogens is 107 g/mol. The smallest absolute Gasteiger partial charge is 0.429 e. The maximum absolute atomic E-state index is 8.00. The standard InChI is InChI=1S/C4H8O.BH2O2/c1-2-3-4-5;2-1-3/h2,5H,1,3-4H2;2-3H. The SMILES string of the molecule is C=CCCO.O[B]O. The quantitative estimate of drug-likeness (QED) is 0.323. The second kappa shape index (κ2) is 15.9. The molecule has 0 aliphatic heterocycles. The molecule has 0 aromatic heterocycles. The van der Waals surface area contributed by atoms with Crippen LogP contribution in [0.3, 0.4) is 0 Å². The van der Waals surface area contributed by atoms with E-state index in [4.69, 9.17) is 15.2 Å². The fraction of sp³-hybridized carbons (Fsp3) is 0.500. The highest BCUT2D eigenvalue weighted by Crippen LogP contribution is 1.69. The Morgan fingerprint density at radius 1 is 1.50 bits per heavy atom. The zero-order chi connectivity index (χ0) is 6.83. The molecule has 0 spiro atoms. The van der Waals surface area contributed by atoms with Gasteiger partial charge in [-0.2, -0.15) is 0 Å². The van der Waals surface area contributed by atoms with Crippen molar-refractivity contribution in [3.63, 3.8) is 0 Å². The Hall–Kier alpha value is -0.315. The van der Waals surface area contributed by atoms with Crippen LogP contribution in [0, 0.1) is 0 Å². The van der Waals surface area contributed by atoms with Gasteiger partial charge in [-0.3, -0.25) is 0 Å². The third kappa shape index (κ3) is 44.0. The van der Waals surface area contributed by atoms with Crippen molar-refractivity contribution in [2.45, 2.75) is 6.42 Å². The normalized spacial score (nSPS) is 6.38. The maximum atomic E-state index is 8.00. The first kappa shape index (κ1) is 10.6. The topological polar surface area (TPSA) is 60.7 Å². The summed E-state index contributed by atoms with van der Waals surface area (Å²) in [7, 11) is 0. The Morgan fingerprint density at radius 2 is 1.88 bits per heavy atom. The van der Waals surface area contributed by atoms with Crippen LogP contribution in [-0.4, -0.2) is 29.4 Å². The molecule has 3 N–H and O–H groups in total. The molecule has 0 amide bonds. The Labute approximate surface area is 49.6 Å². The molecule has 0 bridgehead atoms. The second-order valence-electron chi connectivity index (χ2n) is 0.916. The van der Waals surface area contributed by atoms with E-state index in [2.05, 4.69) is 6.58 Å². The van der Waals surface area contributed by atoms with E-state index in [-0.39, 0.29) is 14.3 Å². The molecule has 1 radical (unpaired) electrons. The van der Waals surface area contributed by atoms with Gasteiger partial charge in [0.15, 0.2) is 0 Å². The molecular formula is C4H10BO3. The molecule has 3 nitrogen and oxygen atoms in total. The van der Waals surface area contributed by atoms with Crippen molar-refractivity contribution in [3.05, 3.63) is 12.7 Å². The summed E-state index contributed by atoms with van der Waals surface area (Å²) in [6, 6.07) is 0. The molecule has 8 heavy (non-hydrogen) atoms. The van der Waals surface area contributed by atoms with Crippen LogP contribution in [0.25, 0.3) is 0 Å². The summed E-state index contributed by atoms with van der Waals surface area (Å²) in [5, 5.41) is 22.0. The van der Waals surface area contributed by atoms with Crippen LogP contribution in [0.15, 0.2) is 12.7 Å². The first-order chi connectivity index (χ1) is 3.83. The molecule has 0 atom stereocenters. The van der Waals surface area contributed by atoms with Crippen LogP contribution >= 0.6 is 0 Å². The van der Waals surface area contributed by atoms with Crippen molar-refractivity contribution >= 4 is 7.69 Å². The molecule has 0 rings (SSSR count). The van der Waals surface area contributed by atoms with Crippen LogP contribution in [-0.2, 0) is 0 Å². The Balaban J connectivity index is 0. The average molecular weight is 117 g/mol. The fourth-order valence-electron chi connectivity index (χ4n) is 0.0913. The lowest BCUT2D eigenvalue weighted by molar-refractivity contribution is 0.303. The lowest BCUT2D eigenvalue weighted by atomic mass is 10.5. The predicted molar refractivity (Wildman–Crippen MR) is 32.1 cm³/mol. The van der Waals surface area contributed by atoms with Gasteiger partial charge in [-0.15, -0.1) is 6.58 Å². The van der Waals surface area contributed by atoms with Gasteiger partial charge in [0.25, 0.3) is 0 Å². The van der Waals surface area contributed by atoms with Crippen LogP contribution in [0.4, 0.5) is 0 Å². The lowest BCUT2D eigenvalue weighted by Gasteiger charge is -1.73. The van der Waals surface area contributed by atoms with Crippen LogP contribution in [0.1, 0.15) is 6.42 Å². The molecule has 0 heterocycles. The van der Waals surface area contributed by atoms with E-state index in [9.17, 15) is 0 Å². The van der Waals surface area contributed by atoms with Crippen molar-refractivity contribution in [1.29, 1.82) is 0 Å². The highest BCUT2D eigenvalue weighted by Gasteiger charge is 1.62.